The first-order valence-electron chi connectivity index (χ1n) is 8.07. The van der Waals surface area contributed by atoms with Crippen LogP contribution in [0.15, 0.2) is 30.3 Å². The van der Waals surface area contributed by atoms with E-state index in [4.69, 9.17) is 0 Å². The molecule has 3 nitrogen and oxygen atoms in total. The largest absolute Gasteiger partial charge is 0.339 e. The molecule has 116 valence electrons. The van der Waals surface area contributed by atoms with Crippen LogP contribution in [0.5, 0.6) is 0 Å². The highest BCUT2D eigenvalue weighted by Crippen LogP contribution is 2.18. The lowest BCUT2D eigenvalue weighted by Crippen LogP contribution is -2.58. The Morgan fingerprint density at radius 2 is 1.71 bits per heavy atom. The molecule has 0 N–H and O–H groups in total. The van der Waals surface area contributed by atoms with Crippen LogP contribution in [0, 0.1) is 5.92 Å². The number of hydrogen-bond acceptors (Lipinski definition) is 2. The predicted molar refractivity (Wildman–Crippen MR) is 87.2 cm³/mol. The fourth-order valence-electron chi connectivity index (χ4n) is 3.25. The van der Waals surface area contributed by atoms with Gasteiger partial charge < -0.3 is 4.90 Å². The van der Waals surface area contributed by atoms with Gasteiger partial charge in [-0.25, -0.2) is 0 Å². The van der Waals surface area contributed by atoms with E-state index >= 15 is 0 Å². The van der Waals surface area contributed by atoms with Gasteiger partial charge in [0.15, 0.2) is 0 Å². The van der Waals surface area contributed by atoms with Gasteiger partial charge in [0.1, 0.15) is 0 Å². The zero-order chi connectivity index (χ0) is 15.4. The molecule has 0 aromatic heterocycles. The van der Waals surface area contributed by atoms with Gasteiger partial charge in [0.25, 0.3) is 0 Å². The Morgan fingerprint density at radius 1 is 1.14 bits per heavy atom. The van der Waals surface area contributed by atoms with Crippen LogP contribution in [-0.2, 0) is 11.2 Å². The van der Waals surface area contributed by atoms with Crippen molar-refractivity contribution >= 4 is 5.91 Å². The maximum Gasteiger partial charge on any atom is 0.225 e. The van der Waals surface area contributed by atoms with Gasteiger partial charge in [-0.2, -0.15) is 0 Å². The summed E-state index contributed by atoms with van der Waals surface area (Å²) in [5.41, 5.74) is 1.39. The van der Waals surface area contributed by atoms with Crippen molar-refractivity contribution in [3.05, 3.63) is 35.9 Å². The average molecular weight is 288 g/mol. The minimum atomic E-state index is 0.0975. The molecule has 0 saturated carbocycles. The number of benzene rings is 1. The number of nitrogens with zero attached hydrogens (tertiary/aromatic N) is 2. The van der Waals surface area contributed by atoms with Crippen LogP contribution in [0.3, 0.4) is 0 Å². The van der Waals surface area contributed by atoms with E-state index in [-0.39, 0.29) is 11.8 Å². The number of piperazine rings is 1. The molecule has 0 radical (unpaired) electrons. The summed E-state index contributed by atoms with van der Waals surface area (Å²) in [6.07, 6.45) is 1.08. The van der Waals surface area contributed by atoms with E-state index in [0.717, 1.165) is 26.1 Å². The average Bonchev–Trinajstić information content (AvgIpc) is 2.46. The molecule has 1 amide bonds. The molecule has 1 fully saturated rings. The molecule has 2 rings (SSSR count). The maximum atomic E-state index is 12.2. The fourth-order valence-corrected chi connectivity index (χ4v) is 3.25. The highest BCUT2D eigenvalue weighted by Gasteiger charge is 2.31. The Morgan fingerprint density at radius 3 is 2.24 bits per heavy atom. The summed E-state index contributed by atoms with van der Waals surface area (Å²) in [7, 11) is 0. The molecule has 1 aromatic carbocycles. The second-order valence-corrected chi connectivity index (χ2v) is 6.57. The van der Waals surface area contributed by atoms with Gasteiger partial charge in [-0.05, 0) is 25.8 Å². The minimum Gasteiger partial charge on any atom is -0.339 e. The Bertz CT molecular complexity index is 446. The molecule has 21 heavy (non-hydrogen) atoms. The van der Waals surface area contributed by atoms with E-state index in [1.165, 1.54) is 5.56 Å². The molecule has 3 heteroatoms. The van der Waals surface area contributed by atoms with E-state index in [0.29, 0.717) is 12.1 Å². The summed E-state index contributed by atoms with van der Waals surface area (Å²) >= 11 is 0. The standard InChI is InChI=1S/C18H28N2O/c1-14(2)18(21)19-12-15(3)20(16(4)13-19)11-10-17-8-6-5-7-9-17/h5-9,14-16H,10-13H2,1-4H3. The molecule has 0 aliphatic carbocycles. The van der Waals surface area contributed by atoms with Crippen LogP contribution >= 0.6 is 0 Å². The van der Waals surface area contributed by atoms with Gasteiger partial charge in [-0.15, -0.1) is 0 Å². The van der Waals surface area contributed by atoms with Crippen LogP contribution in [0.4, 0.5) is 0 Å². The van der Waals surface area contributed by atoms with E-state index in [9.17, 15) is 4.79 Å². The fraction of sp³-hybridized carbons (Fsp3) is 0.611. The van der Waals surface area contributed by atoms with Crippen LogP contribution in [0.25, 0.3) is 0 Å². The second kappa shape index (κ2) is 7.08. The van der Waals surface area contributed by atoms with Crippen molar-refractivity contribution < 1.29 is 4.79 Å². The van der Waals surface area contributed by atoms with E-state index in [2.05, 4.69) is 49.1 Å². The molecule has 1 aliphatic heterocycles. The SMILES string of the molecule is CC(C)C(=O)N1CC(C)N(CCc2ccccc2)C(C)C1. The number of hydrogen-bond donors (Lipinski definition) is 0. The Kier molecular flexibility index (Phi) is 5.40. The third-order valence-corrected chi connectivity index (χ3v) is 4.41. The highest BCUT2D eigenvalue weighted by atomic mass is 16.2. The van der Waals surface area contributed by atoms with Gasteiger partial charge in [0, 0.05) is 37.6 Å². The number of amides is 1. The topological polar surface area (TPSA) is 23.6 Å². The molecule has 0 bridgehead atoms. The monoisotopic (exact) mass is 288 g/mol. The molecule has 1 saturated heterocycles. The van der Waals surface area contributed by atoms with Gasteiger partial charge in [-0.3, -0.25) is 9.69 Å². The summed E-state index contributed by atoms with van der Waals surface area (Å²) in [4.78, 5) is 16.8. The van der Waals surface area contributed by atoms with Gasteiger partial charge in [-0.1, -0.05) is 44.2 Å². The van der Waals surface area contributed by atoms with Gasteiger partial charge in [0.2, 0.25) is 5.91 Å². The zero-order valence-electron chi connectivity index (χ0n) is 13.7. The maximum absolute atomic E-state index is 12.2. The first-order valence-corrected chi connectivity index (χ1v) is 8.07. The molecule has 1 aliphatic rings. The molecule has 1 heterocycles. The summed E-state index contributed by atoms with van der Waals surface area (Å²) in [6, 6.07) is 11.5. The summed E-state index contributed by atoms with van der Waals surface area (Å²) in [5.74, 6) is 0.386. The van der Waals surface area contributed by atoms with Crippen molar-refractivity contribution in [3.8, 4) is 0 Å². The van der Waals surface area contributed by atoms with Crippen molar-refractivity contribution in [3.63, 3.8) is 0 Å². The molecular weight excluding hydrogens is 260 g/mol. The quantitative estimate of drug-likeness (QED) is 0.850. The van der Waals surface area contributed by atoms with Crippen molar-refractivity contribution in [1.29, 1.82) is 0 Å². The molecule has 2 atom stereocenters. The summed E-state index contributed by atoms with van der Waals surface area (Å²) < 4.78 is 0. The van der Waals surface area contributed by atoms with Crippen LogP contribution < -0.4 is 0 Å². The van der Waals surface area contributed by atoms with Crippen molar-refractivity contribution in [2.75, 3.05) is 19.6 Å². The number of carbonyl (C=O) groups is 1. The Balaban J connectivity index is 1.92. The first kappa shape index (κ1) is 16.0. The second-order valence-electron chi connectivity index (χ2n) is 6.57. The Hall–Kier alpha value is -1.35. The summed E-state index contributed by atoms with van der Waals surface area (Å²) in [6.45, 7) is 11.2. The molecule has 0 spiro atoms. The van der Waals surface area contributed by atoms with Crippen LogP contribution in [-0.4, -0.2) is 47.4 Å². The van der Waals surface area contributed by atoms with Crippen molar-refractivity contribution in [2.45, 2.75) is 46.2 Å². The Labute approximate surface area is 128 Å². The lowest BCUT2D eigenvalue weighted by molar-refractivity contribution is -0.138. The number of carbonyl (C=O) groups excluding carboxylic acids is 1. The predicted octanol–water partition coefficient (Wildman–Crippen LogP) is 2.81. The van der Waals surface area contributed by atoms with E-state index in [1.807, 2.05) is 18.7 Å². The highest BCUT2D eigenvalue weighted by molar-refractivity contribution is 5.78. The van der Waals surface area contributed by atoms with Crippen LogP contribution in [0.2, 0.25) is 0 Å². The summed E-state index contributed by atoms with van der Waals surface area (Å²) in [5, 5.41) is 0. The first-order chi connectivity index (χ1) is 9.99. The van der Waals surface area contributed by atoms with Crippen molar-refractivity contribution in [2.24, 2.45) is 5.92 Å². The third kappa shape index (κ3) is 4.07. The van der Waals surface area contributed by atoms with Crippen molar-refractivity contribution in [1.82, 2.24) is 9.80 Å². The normalized spacial score (nSPS) is 23.6. The third-order valence-electron chi connectivity index (χ3n) is 4.41. The minimum absolute atomic E-state index is 0.0975. The van der Waals surface area contributed by atoms with Crippen LogP contribution in [0.1, 0.15) is 33.3 Å². The lowest BCUT2D eigenvalue weighted by atomic mass is 10.0. The van der Waals surface area contributed by atoms with Gasteiger partial charge >= 0.3 is 0 Å². The van der Waals surface area contributed by atoms with E-state index < -0.39 is 0 Å². The van der Waals surface area contributed by atoms with E-state index in [1.54, 1.807) is 0 Å². The lowest BCUT2D eigenvalue weighted by Gasteiger charge is -2.45. The van der Waals surface area contributed by atoms with Gasteiger partial charge in [0.05, 0.1) is 0 Å². The molecule has 1 aromatic rings. The molecular formula is C18H28N2O. The number of rotatable bonds is 4. The molecule has 2 unspecified atom stereocenters. The zero-order valence-corrected chi connectivity index (χ0v) is 13.7. The smallest absolute Gasteiger partial charge is 0.225 e.